The summed E-state index contributed by atoms with van der Waals surface area (Å²) in [4.78, 5) is 5.07. The van der Waals surface area contributed by atoms with Crippen molar-refractivity contribution >= 4 is 0 Å². The van der Waals surface area contributed by atoms with E-state index in [4.69, 9.17) is 5.73 Å². The molecule has 0 aromatic heterocycles. The molecule has 1 aliphatic heterocycles. The first-order valence-corrected chi connectivity index (χ1v) is 7.29. The zero-order chi connectivity index (χ0) is 12.3. The van der Waals surface area contributed by atoms with Crippen LogP contribution in [-0.4, -0.2) is 55.6 Å². The molecule has 2 rings (SSSR count). The monoisotopic (exact) mass is 239 g/mol. The molecule has 0 spiro atoms. The van der Waals surface area contributed by atoms with Gasteiger partial charge in [0.1, 0.15) is 0 Å². The van der Waals surface area contributed by atoms with E-state index in [1.54, 1.807) is 0 Å². The van der Waals surface area contributed by atoms with Crippen molar-refractivity contribution in [2.24, 2.45) is 11.7 Å². The Morgan fingerprint density at radius 1 is 1.12 bits per heavy atom. The van der Waals surface area contributed by atoms with Crippen LogP contribution in [0.4, 0.5) is 0 Å². The zero-order valence-corrected chi connectivity index (χ0v) is 11.6. The summed E-state index contributed by atoms with van der Waals surface area (Å²) in [6.07, 6.45) is 7.92. The van der Waals surface area contributed by atoms with Crippen molar-refractivity contribution < 1.29 is 0 Å². The first kappa shape index (κ1) is 13.3. The molecule has 2 fully saturated rings. The third kappa shape index (κ3) is 3.94. The number of hydrogen-bond donors (Lipinski definition) is 1. The van der Waals surface area contributed by atoms with Crippen LogP contribution in [0.25, 0.3) is 0 Å². The summed E-state index contributed by atoms with van der Waals surface area (Å²) >= 11 is 0. The highest BCUT2D eigenvalue weighted by Gasteiger charge is 2.24. The Morgan fingerprint density at radius 2 is 1.82 bits per heavy atom. The van der Waals surface area contributed by atoms with Crippen molar-refractivity contribution in [3.05, 3.63) is 0 Å². The highest BCUT2D eigenvalue weighted by molar-refractivity contribution is 4.81. The van der Waals surface area contributed by atoms with Crippen LogP contribution in [0.5, 0.6) is 0 Å². The third-order valence-electron chi connectivity index (χ3n) is 4.66. The highest BCUT2D eigenvalue weighted by Crippen LogP contribution is 2.24. The second-order valence-corrected chi connectivity index (χ2v) is 6.28. The van der Waals surface area contributed by atoms with E-state index in [1.807, 2.05) is 0 Å². The Labute approximate surface area is 106 Å². The van der Waals surface area contributed by atoms with E-state index >= 15 is 0 Å². The number of nitrogens with two attached hydrogens (primary N) is 1. The molecule has 1 unspecified atom stereocenters. The Kier molecular flexibility index (Phi) is 4.83. The standard InChI is InChI=1S/C14H29N3/c1-16(11-14-4-3-9-17(14)2)10-12-5-7-13(15)8-6-12/h12-14H,3-11,15H2,1-2H3. The van der Waals surface area contributed by atoms with Gasteiger partial charge < -0.3 is 15.5 Å². The minimum atomic E-state index is 0.484. The van der Waals surface area contributed by atoms with Crippen LogP contribution in [0.2, 0.25) is 0 Å². The maximum absolute atomic E-state index is 5.96. The first-order valence-electron chi connectivity index (χ1n) is 7.29. The molecule has 17 heavy (non-hydrogen) atoms. The molecule has 3 heteroatoms. The van der Waals surface area contributed by atoms with Gasteiger partial charge in [-0.1, -0.05) is 0 Å². The fourth-order valence-electron chi connectivity index (χ4n) is 3.46. The van der Waals surface area contributed by atoms with E-state index in [0.717, 1.165) is 12.0 Å². The van der Waals surface area contributed by atoms with E-state index in [1.165, 1.54) is 58.2 Å². The van der Waals surface area contributed by atoms with E-state index in [9.17, 15) is 0 Å². The average Bonchev–Trinajstić information content (AvgIpc) is 2.68. The normalized spacial score (nSPS) is 35.6. The van der Waals surface area contributed by atoms with E-state index < -0.39 is 0 Å². The Balaban J connectivity index is 1.68. The Hall–Kier alpha value is -0.120. The van der Waals surface area contributed by atoms with E-state index in [2.05, 4.69) is 23.9 Å². The molecular formula is C14H29N3. The fourth-order valence-corrected chi connectivity index (χ4v) is 3.46. The van der Waals surface area contributed by atoms with Crippen molar-refractivity contribution in [2.75, 3.05) is 33.7 Å². The summed E-state index contributed by atoms with van der Waals surface area (Å²) in [6.45, 7) is 3.81. The second-order valence-electron chi connectivity index (χ2n) is 6.28. The zero-order valence-electron chi connectivity index (χ0n) is 11.6. The maximum atomic E-state index is 5.96. The van der Waals surface area contributed by atoms with E-state index in [0.29, 0.717) is 6.04 Å². The minimum absolute atomic E-state index is 0.484. The van der Waals surface area contributed by atoms with Gasteiger partial charge in [0.15, 0.2) is 0 Å². The topological polar surface area (TPSA) is 32.5 Å². The van der Waals surface area contributed by atoms with Crippen molar-refractivity contribution in [3.8, 4) is 0 Å². The van der Waals surface area contributed by atoms with E-state index in [-0.39, 0.29) is 0 Å². The van der Waals surface area contributed by atoms with Crippen LogP contribution in [0, 0.1) is 5.92 Å². The molecule has 0 aromatic rings. The summed E-state index contributed by atoms with van der Waals surface area (Å²) in [5.74, 6) is 0.895. The molecule has 1 saturated carbocycles. The summed E-state index contributed by atoms with van der Waals surface area (Å²) in [5, 5.41) is 0. The van der Waals surface area contributed by atoms with Crippen molar-refractivity contribution in [2.45, 2.75) is 50.6 Å². The van der Waals surface area contributed by atoms with Crippen LogP contribution in [0.3, 0.4) is 0 Å². The largest absolute Gasteiger partial charge is 0.328 e. The first-order chi connectivity index (χ1) is 8.15. The fraction of sp³-hybridized carbons (Fsp3) is 1.00. The van der Waals surface area contributed by atoms with Gasteiger partial charge in [-0.25, -0.2) is 0 Å². The predicted octanol–water partition coefficient (Wildman–Crippen LogP) is 1.53. The van der Waals surface area contributed by atoms with Gasteiger partial charge in [0, 0.05) is 25.2 Å². The molecule has 100 valence electrons. The van der Waals surface area contributed by atoms with Gasteiger partial charge in [-0.15, -0.1) is 0 Å². The van der Waals surface area contributed by atoms with Crippen LogP contribution >= 0.6 is 0 Å². The molecule has 1 saturated heterocycles. The average molecular weight is 239 g/mol. The summed E-state index contributed by atoms with van der Waals surface area (Å²) in [6, 6.07) is 1.28. The molecule has 0 aromatic carbocycles. The molecule has 1 atom stereocenters. The number of rotatable bonds is 4. The smallest absolute Gasteiger partial charge is 0.0220 e. The van der Waals surface area contributed by atoms with Gasteiger partial charge in [0.2, 0.25) is 0 Å². The van der Waals surface area contributed by atoms with Crippen LogP contribution < -0.4 is 5.73 Å². The number of likely N-dealkylation sites (tertiary alicyclic amines) is 1. The lowest BCUT2D eigenvalue weighted by Crippen LogP contribution is -2.39. The molecule has 3 nitrogen and oxygen atoms in total. The Bertz CT molecular complexity index is 224. The summed E-state index contributed by atoms with van der Waals surface area (Å²) in [5.41, 5.74) is 5.96. The predicted molar refractivity (Wildman–Crippen MR) is 73.1 cm³/mol. The number of hydrogen-bond acceptors (Lipinski definition) is 3. The molecule has 1 heterocycles. The lowest BCUT2D eigenvalue weighted by molar-refractivity contribution is 0.179. The quantitative estimate of drug-likeness (QED) is 0.807. The molecule has 0 radical (unpaired) electrons. The van der Waals surface area contributed by atoms with Gasteiger partial charge >= 0.3 is 0 Å². The van der Waals surface area contributed by atoms with Crippen LogP contribution in [0.1, 0.15) is 38.5 Å². The molecule has 0 amide bonds. The van der Waals surface area contributed by atoms with Gasteiger partial charge in [-0.05, 0) is 65.1 Å². The summed E-state index contributed by atoms with van der Waals surface area (Å²) in [7, 11) is 4.56. The van der Waals surface area contributed by atoms with Crippen LogP contribution in [-0.2, 0) is 0 Å². The molecule has 0 bridgehead atoms. The minimum Gasteiger partial charge on any atom is -0.328 e. The lowest BCUT2D eigenvalue weighted by atomic mass is 9.86. The molecule has 2 aliphatic rings. The van der Waals surface area contributed by atoms with Crippen molar-refractivity contribution in [3.63, 3.8) is 0 Å². The second kappa shape index (κ2) is 6.17. The molecular weight excluding hydrogens is 210 g/mol. The van der Waals surface area contributed by atoms with Crippen molar-refractivity contribution in [1.29, 1.82) is 0 Å². The Morgan fingerprint density at radius 3 is 2.41 bits per heavy atom. The lowest BCUT2D eigenvalue weighted by Gasteiger charge is -2.32. The van der Waals surface area contributed by atoms with Crippen LogP contribution in [0.15, 0.2) is 0 Å². The highest BCUT2D eigenvalue weighted by atomic mass is 15.2. The summed E-state index contributed by atoms with van der Waals surface area (Å²) < 4.78 is 0. The number of likely N-dealkylation sites (N-methyl/N-ethyl adjacent to an activating group) is 2. The molecule has 2 N–H and O–H groups in total. The third-order valence-corrected chi connectivity index (χ3v) is 4.66. The van der Waals surface area contributed by atoms with Crippen molar-refractivity contribution in [1.82, 2.24) is 9.80 Å². The maximum Gasteiger partial charge on any atom is 0.0220 e. The van der Waals surface area contributed by atoms with Gasteiger partial charge in [0.25, 0.3) is 0 Å². The van der Waals surface area contributed by atoms with Gasteiger partial charge in [-0.3, -0.25) is 0 Å². The number of nitrogens with zero attached hydrogens (tertiary/aromatic N) is 2. The SMILES string of the molecule is CN(CC1CCC(N)CC1)CC1CCCN1C. The molecule has 1 aliphatic carbocycles. The van der Waals surface area contributed by atoms with Gasteiger partial charge in [-0.2, -0.15) is 0 Å². The van der Waals surface area contributed by atoms with Gasteiger partial charge in [0.05, 0.1) is 0 Å².